The van der Waals surface area contributed by atoms with E-state index in [1.54, 1.807) is 42.5 Å². The van der Waals surface area contributed by atoms with Crippen molar-refractivity contribution in [1.82, 2.24) is 0 Å². The van der Waals surface area contributed by atoms with E-state index in [0.29, 0.717) is 10.6 Å². The van der Waals surface area contributed by atoms with Crippen LogP contribution in [-0.4, -0.2) is 8.42 Å². The van der Waals surface area contributed by atoms with Crippen LogP contribution >= 0.6 is 34.8 Å². The average Bonchev–Trinajstić information content (AvgIpc) is 2.37. The highest BCUT2D eigenvalue weighted by Crippen LogP contribution is 2.30. The van der Waals surface area contributed by atoms with E-state index in [1.165, 1.54) is 0 Å². The van der Waals surface area contributed by atoms with Gasteiger partial charge in [-0.1, -0.05) is 59.1 Å². The minimum Gasteiger partial charge on any atom is -0.282 e. The Bertz CT molecular complexity index is 732. The first-order valence-corrected chi connectivity index (χ1v) is 8.35. The highest BCUT2D eigenvalue weighted by Gasteiger charge is 2.16. The molecule has 1 N–H and O–H groups in total. The van der Waals surface area contributed by atoms with Gasteiger partial charge in [-0.05, 0) is 23.8 Å². The molecule has 0 fully saturated rings. The van der Waals surface area contributed by atoms with Crippen LogP contribution in [0.3, 0.4) is 0 Å². The minimum absolute atomic E-state index is 0.164. The molecule has 3 nitrogen and oxygen atoms in total. The highest BCUT2D eigenvalue weighted by molar-refractivity contribution is 7.91. The fourth-order valence-electron chi connectivity index (χ4n) is 1.61. The van der Waals surface area contributed by atoms with Crippen molar-refractivity contribution >= 4 is 50.5 Å². The molecule has 2 rings (SSSR count). The fraction of sp³-hybridized carbons (Fsp3) is 0.0769. The normalized spacial score (nSPS) is 11.3. The van der Waals surface area contributed by atoms with Crippen molar-refractivity contribution in [2.75, 3.05) is 4.72 Å². The largest absolute Gasteiger partial charge is 0.282 e. The standard InChI is InChI=1S/C13H10Cl3NO2S/c14-10-5-2-1-4-9(10)8-20(18,19)17-12-7-3-6-11(15)13(12)16/h1-7,17H,8H2. The molecule has 0 atom stereocenters. The average molecular weight is 351 g/mol. The van der Waals surface area contributed by atoms with Gasteiger partial charge in [-0.15, -0.1) is 0 Å². The number of hydrogen-bond acceptors (Lipinski definition) is 2. The third kappa shape index (κ3) is 3.79. The van der Waals surface area contributed by atoms with Crippen molar-refractivity contribution in [1.29, 1.82) is 0 Å². The zero-order valence-corrected chi connectivity index (χ0v) is 13.2. The van der Waals surface area contributed by atoms with E-state index < -0.39 is 10.0 Å². The van der Waals surface area contributed by atoms with Gasteiger partial charge >= 0.3 is 0 Å². The molecule has 2 aromatic rings. The number of rotatable bonds is 4. The van der Waals surface area contributed by atoms with Gasteiger partial charge in [0.1, 0.15) is 0 Å². The predicted molar refractivity (Wildman–Crippen MR) is 84.2 cm³/mol. The summed E-state index contributed by atoms with van der Waals surface area (Å²) in [5.74, 6) is -0.241. The summed E-state index contributed by atoms with van der Waals surface area (Å²) in [6, 6.07) is 11.5. The number of nitrogens with one attached hydrogen (secondary N) is 1. The molecule has 0 radical (unpaired) electrons. The van der Waals surface area contributed by atoms with Gasteiger partial charge in [0.25, 0.3) is 0 Å². The smallest absolute Gasteiger partial charge is 0.237 e. The number of halogens is 3. The first-order chi connectivity index (χ1) is 9.39. The van der Waals surface area contributed by atoms with Crippen molar-refractivity contribution < 1.29 is 8.42 Å². The SMILES string of the molecule is O=S(=O)(Cc1ccccc1Cl)Nc1cccc(Cl)c1Cl. The topological polar surface area (TPSA) is 46.2 Å². The molecule has 0 aliphatic rings. The summed E-state index contributed by atoms with van der Waals surface area (Å²) >= 11 is 17.7. The lowest BCUT2D eigenvalue weighted by atomic mass is 10.2. The molecule has 0 aliphatic carbocycles. The molecule has 0 heterocycles. The molecule has 0 amide bonds. The second kappa shape index (κ2) is 6.22. The second-order valence-corrected chi connectivity index (χ2v) is 6.97. The highest BCUT2D eigenvalue weighted by atomic mass is 35.5. The molecule has 0 aliphatic heterocycles. The van der Waals surface area contributed by atoms with Gasteiger partial charge in [0, 0.05) is 5.02 Å². The van der Waals surface area contributed by atoms with Crippen molar-refractivity contribution in [3.05, 3.63) is 63.1 Å². The maximum Gasteiger partial charge on any atom is 0.237 e. The molecule has 0 saturated carbocycles. The van der Waals surface area contributed by atoms with E-state index in [0.717, 1.165) is 0 Å². The lowest BCUT2D eigenvalue weighted by Crippen LogP contribution is -2.15. The van der Waals surface area contributed by atoms with Gasteiger partial charge in [-0.2, -0.15) is 0 Å². The van der Waals surface area contributed by atoms with Gasteiger partial charge in [0.2, 0.25) is 10.0 Å². The maximum atomic E-state index is 12.1. The Kier molecular flexibility index (Phi) is 4.81. The first-order valence-electron chi connectivity index (χ1n) is 5.57. The summed E-state index contributed by atoms with van der Waals surface area (Å²) in [5.41, 5.74) is 0.756. The number of hydrogen-bond donors (Lipinski definition) is 1. The summed E-state index contributed by atoms with van der Waals surface area (Å²) in [4.78, 5) is 0. The van der Waals surface area contributed by atoms with Gasteiger partial charge in [0.05, 0.1) is 21.5 Å². The molecule has 0 unspecified atom stereocenters. The van der Waals surface area contributed by atoms with Crippen LogP contribution in [0.4, 0.5) is 5.69 Å². The van der Waals surface area contributed by atoms with Gasteiger partial charge in [-0.25, -0.2) is 8.42 Å². The van der Waals surface area contributed by atoms with E-state index >= 15 is 0 Å². The lowest BCUT2D eigenvalue weighted by Gasteiger charge is -2.11. The summed E-state index contributed by atoms with van der Waals surface area (Å²) < 4.78 is 26.6. The van der Waals surface area contributed by atoms with Crippen molar-refractivity contribution in [3.8, 4) is 0 Å². The van der Waals surface area contributed by atoms with Crippen LogP contribution in [0.25, 0.3) is 0 Å². The maximum absolute atomic E-state index is 12.1. The Morgan fingerprint density at radius 3 is 2.25 bits per heavy atom. The number of benzene rings is 2. The van der Waals surface area contributed by atoms with Crippen LogP contribution in [0.1, 0.15) is 5.56 Å². The molecule has 7 heteroatoms. The van der Waals surface area contributed by atoms with E-state index in [2.05, 4.69) is 4.72 Å². The Morgan fingerprint density at radius 1 is 0.900 bits per heavy atom. The first kappa shape index (κ1) is 15.4. The van der Waals surface area contributed by atoms with Crippen molar-refractivity contribution in [2.24, 2.45) is 0 Å². The number of sulfonamides is 1. The van der Waals surface area contributed by atoms with E-state index in [-0.39, 0.29) is 21.5 Å². The van der Waals surface area contributed by atoms with Crippen molar-refractivity contribution in [2.45, 2.75) is 5.75 Å². The Morgan fingerprint density at radius 2 is 1.55 bits per heavy atom. The molecular formula is C13H10Cl3NO2S. The summed E-state index contributed by atoms with van der Waals surface area (Å²) in [6.45, 7) is 0. The van der Waals surface area contributed by atoms with Gasteiger partial charge in [0.15, 0.2) is 0 Å². The van der Waals surface area contributed by atoms with Crippen LogP contribution in [-0.2, 0) is 15.8 Å². The quantitative estimate of drug-likeness (QED) is 0.876. The molecule has 0 spiro atoms. The monoisotopic (exact) mass is 349 g/mol. The lowest BCUT2D eigenvalue weighted by molar-refractivity contribution is 0.600. The Hall–Kier alpha value is -0.940. The molecule has 0 bridgehead atoms. The summed E-state index contributed by atoms with van der Waals surface area (Å²) in [5, 5.41) is 0.844. The molecule has 2 aromatic carbocycles. The Balaban J connectivity index is 2.24. The number of anilines is 1. The molecule has 0 aromatic heterocycles. The second-order valence-electron chi connectivity index (χ2n) is 4.05. The third-order valence-corrected chi connectivity index (χ3v) is 4.93. The predicted octanol–water partition coefficient (Wildman–Crippen LogP) is 4.59. The van der Waals surface area contributed by atoms with Crippen LogP contribution in [0.15, 0.2) is 42.5 Å². The van der Waals surface area contributed by atoms with E-state index in [9.17, 15) is 8.42 Å². The van der Waals surface area contributed by atoms with Crippen LogP contribution in [0.2, 0.25) is 15.1 Å². The fourth-order valence-corrected chi connectivity index (χ4v) is 3.53. The zero-order chi connectivity index (χ0) is 14.8. The zero-order valence-electron chi connectivity index (χ0n) is 10.1. The minimum atomic E-state index is -3.63. The van der Waals surface area contributed by atoms with E-state index in [1.807, 2.05) is 0 Å². The van der Waals surface area contributed by atoms with Gasteiger partial charge < -0.3 is 0 Å². The third-order valence-electron chi connectivity index (χ3n) is 2.52. The molecule has 20 heavy (non-hydrogen) atoms. The van der Waals surface area contributed by atoms with Crippen LogP contribution in [0.5, 0.6) is 0 Å². The summed E-state index contributed by atoms with van der Waals surface area (Å²) in [6.07, 6.45) is 0. The Labute approximate surface area is 132 Å². The van der Waals surface area contributed by atoms with Crippen LogP contribution in [0, 0.1) is 0 Å². The molecule has 106 valence electrons. The van der Waals surface area contributed by atoms with Crippen molar-refractivity contribution in [3.63, 3.8) is 0 Å². The molecular weight excluding hydrogens is 341 g/mol. The molecule has 0 saturated heterocycles. The van der Waals surface area contributed by atoms with Crippen LogP contribution < -0.4 is 4.72 Å². The van der Waals surface area contributed by atoms with Gasteiger partial charge in [-0.3, -0.25) is 4.72 Å². The summed E-state index contributed by atoms with van der Waals surface area (Å²) in [7, 11) is -3.63. The van der Waals surface area contributed by atoms with E-state index in [4.69, 9.17) is 34.8 Å².